The van der Waals surface area contributed by atoms with Gasteiger partial charge in [0.05, 0.1) is 33.3 Å². The smallest absolute Gasteiger partial charge is 0.222 e. The molecule has 0 aliphatic heterocycles. The number of benzene rings is 1. The first kappa shape index (κ1) is 21.3. The number of hydrogen-bond donors (Lipinski definition) is 2. The first-order valence-electron chi connectivity index (χ1n) is 6.98. The second kappa shape index (κ2) is 11.8. The Labute approximate surface area is 142 Å². The van der Waals surface area contributed by atoms with Crippen molar-refractivity contribution in [2.45, 2.75) is 12.5 Å². The number of nitrogens with one attached hydrogen (secondary N) is 1. The molecule has 23 heavy (non-hydrogen) atoms. The molecule has 132 valence electrons. The monoisotopic (exact) mass is 348 g/mol. The van der Waals surface area contributed by atoms with E-state index in [1.165, 1.54) is 7.11 Å². The SMILES string of the molecule is COc1cc(OC)cc(OCCNC(=O)CC(CN)OC)c1.Cl. The van der Waals surface area contributed by atoms with Gasteiger partial charge in [-0.1, -0.05) is 0 Å². The lowest BCUT2D eigenvalue weighted by Gasteiger charge is -2.13. The fourth-order valence-corrected chi connectivity index (χ4v) is 1.77. The molecule has 1 unspecified atom stereocenters. The molecular formula is C15H25ClN2O5. The molecule has 1 rings (SSSR count). The van der Waals surface area contributed by atoms with Gasteiger partial charge in [0.1, 0.15) is 23.9 Å². The molecule has 1 aromatic carbocycles. The zero-order valence-corrected chi connectivity index (χ0v) is 14.5. The van der Waals surface area contributed by atoms with Gasteiger partial charge in [0.25, 0.3) is 0 Å². The van der Waals surface area contributed by atoms with E-state index >= 15 is 0 Å². The van der Waals surface area contributed by atoms with Crippen LogP contribution in [0.5, 0.6) is 17.2 Å². The molecule has 0 heterocycles. The highest BCUT2D eigenvalue weighted by molar-refractivity contribution is 5.85. The zero-order chi connectivity index (χ0) is 16.4. The Morgan fingerprint density at radius 3 is 2.17 bits per heavy atom. The molecule has 1 aromatic rings. The second-order valence-electron chi connectivity index (χ2n) is 4.54. The van der Waals surface area contributed by atoms with Crippen molar-refractivity contribution < 1.29 is 23.7 Å². The Bertz CT molecular complexity index is 447. The first-order valence-corrected chi connectivity index (χ1v) is 6.98. The van der Waals surface area contributed by atoms with Gasteiger partial charge in [-0.25, -0.2) is 0 Å². The highest BCUT2D eigenvalue weighted by atomic mass is 35.5. The summed E-state index contributed by atoms with van der Waals surface area (Å²) in [5, 5.41) is 2.75. The van der Waals surface area contributed by atoms with Crippen molar-refractivity contribution in [1.29, 1.82) is 0 Å². The predicted molar refractivity (Wildman–Crippen MR) is 89.8 cm³/mol. The average Bonchev–Trinajstić information content (AvgIpc) is 2.56. The van der Waals surface area contributed by atoms with Crippen molar-refractivity contribution in [3.05, 3.63) is 18.2 Å². The topological polar surface area (TPSA) is 92.0 Å². The van der Waals surface area contributed by atoms with Gasteiger partial charge in [-0.15, -0.1) is 12.4 Å². The van der Waals surface area contributed by atoms with Gasteiger partial charge >= 0.3 is 0 Å². The van der Waals surface area contributed by atoms with Gasteiger partial charge in [-0.3, -0.25) is 4.79 Å². The highest BCUT2D eigenvalue weighted by Crippen LogP contribution is 2.27. The number of rotatable bonds is 10. The van der Waals surface area contributed by atoms with Crippen LogP contribution < -0.4 is 25.3 Å². The summed E-state index contributed by atoms with van der Waals surface area (Å²) in [6, 6.07) is 5.26. The van der Waals surface area contributed by atoms with Gasteiger partial charge in [0.15, 0.2) is 0 Å². The highest BCUT2D eigenvalue weighted by Gasteiger charge is 2.10. The number of carbonyl (C=O) groups is 1. The van der Waals surface area contributed by atoms with Crippen LogP contribution in [0.3, 0.4) is 0 Å². The fourth-order valence-electron chi connectivity index (χ4n) is 1.77. The van der Waals surface area contributed by atoms with Gasteiger partial charge in [0.2, 0.25) is 5.91 Å². The third-order valence-electron chi connectivity index (χ3n) is 3.03. The van der Waals surface area contributed by atoms with Crippen molar-refractivity contribution in [3.63, 3.8) is 0 Å². The Hall–Kier alpha value is -1.70. The maximum atomic E-state index is 11.6. The van der Waals surface area contributed by atoms with Gasteiger partial charge < -0.3 is 30.0 Å². The second-order valence-corrected chi connectivity index (χ2v) is 4.54. The minimum Gasteiger partial charge on any atom is -0.496 e. The number of carbonyl (C=O) groups excluding carboxylic acids is 1. The lowest BCUT2D eigenvalue weighted by atomic mass is 10.2. The van der Waals surface area contributed by atoms with E-state index in [4.69, 9.17) is 24.7 Å². The van der Waals surface area contributed by atoms with Crippen molar-refractivity contribution in [2.24, 2.45) is 5.73 Å². The number of amides is 1. The van der Waals surface area contributed by atoms with E-state index in [1.807, 2.05) is 0 Å². The van der Waals surface area contributed by atoms with Gasteiger partial charge in [0, 0.05) is 31.9 Å². The maximum absolute atomic E-state index is 11.6. The number of halogens is 1. The van der Waals surface area contributed by atoms with E-state index in [9.17, 15) is 4.79 Å². The van der Waals surface area contributed by atoms with Crippen LogP contribution in [0.4, 0.5) is 0 Å². The summed E-state index contributed by atoms with van der Waals surface area (Å²) in [7, 11) is 4.68. The van der Waals surface area contributed by atoms with Gasteiger partial charge in [-0.05, 0) is 0 Å². The summed E-state index contributed by atoms with van der Waals surface area (Å²) in [5.41, 5.74) is 5.46. The average molecular weight is 349 g/mol. The molecule has 8 heteroatoms. The summed E-state index contributed by atoms with van der Waals surface area (Å²) in [5.74, 6) is 1.78. The number of ether oxygens (including phenoxy) is 4. The van der Waals surface area contributed by atoms with E-state index < -0.39 is 0 Å². The normalized spacial score (nSPS) is 11.1. The molecule has 0 aliphatic rings. The molecule has 0 radical (unpaired) electrons. The van der Waals surface area contributed by atoms with Crippen LogP contribution in [0.2, 0.25) is 0 Å². The molecule has 1 amide bonds. The molecule has 0 aromatic heterocycles. The van der Waals surface area contributed by atoms with E-state index in [2.05, 4.69) is 5.32 Å². The van der Waals surface area contributed by atoms with E-state index in [0.29, 0.717) is 36.9 Å². The molecule has 1 atom stereocenters. The van der Waals surface area contributed by atoms with Crippen LogP contribution in [-0.4, -0.2) is 53.0 Å². The Kier molecular flexibility index (Phi) is 10.9. The zero-order valence-electron chi connectivity index (χ0n) is 13.7. The number of methoxy groups -OCH3 is 3. The van der Waals surface area contributed by atoms with Crippen LogP contribution >= 0.6 is 12.4 Å². The first-order chi connectivity index (χ1) is 10.6. The molecule has 7 nitrogen and oxygen atoms in total. The maximum Gasteiger partial charge on any atom is 0.222 e. The molecule has 0 saturated heterocycles. The summed E-state index contributed by atoms with van der Waals surface area (Å²) in [4.78, 5) is 11.6. The lowest BCUT2D eigenvalue weighted by Crippen LogP contribution is -2.34. The summed E-state index contributed by atoms with van der Waals surface area (Å²) >= 11 is 0. The summed E-state index contributed by atoms with van der Waals surface area (Å²) < 4.78 is 20.9. The van der Waals surface area contributed by atoms with Crippen LogP contribution in [0.1, 0.15) is 6.42 Å². The van der Waals surface area contributed by atoms with Crippen LogP contribution in [0.25, 0.3) is 0 Å². The van der Waals surface area contributed by atoms with E-state index in [0.717, 1.165) is 0 Å². The Morgan fingerprint density at radius 1 is 1.13 bits per heavy atom. The van der Waals surface area contributed by atoms with Crippen molar-refractivity contribution in [1.82, 2.24) is 5.32 Å². The standard InChI is InChI=1S/C15H24N2O5.ClH/c1-19-11-6-12(20-2)8-13(7-11)22-5-4-17-15(18)9-14(10-16)21-3;/h6-8,14H,4-5,9-10,16H2,1-3H3,(H,17,18);1H. The van der Waals surface area contributed by atoms with E-state index in [1.54, 1.807) is 32.4 Å². The van der Waals surface area contributed by atoms with Crippen molar-refractivity contribution in [2.75, 3.05) is 41.0 Å². The molecule has 0 fully saturated rings. The predicted octanol–water partition coefficient (Wildman–Crippen LogP) is 0.984. The summed E-state index contributed by atoms with van der Waals surface area (Å²) in [6.07, 6.45) is -0.0245. The molecule has 3 N–H and O–H groups in total. The quantitative estimate of drug-likeness (QED) is 0.612. The molecule has 0 bridgehead atoms. The van der Waals surface area contributed by atoms with Gasteiger partial charge in [-0.2, -0.15) is 0 Å². The molecule has 0 spiro atoms. The number of nitrogens with two attached hydrogens (primary N) is 1. The molecule has 0 aliphatic carbocycles. The Morgan fingerprint density at radius 2 is 1.70 bits per heavy atom. The third kappa shape index (κ3) is 7.92. The van der Waals surface area contributed by atoms with Crippen LogP contribution in [-0.2, 0) is 9.53 Å². The molecule has 0 saturated carbocycles. The van der Waals surface area contributed by atoms with E-state index in [-0.39, 0.29) is 30.8 Å². The largest absolute Gasteiger partial charge is 0.496 e. The third-order valence-corrected chi connectivity index (χ3v) is 3.03. The summed E-state index contributed by atoms with van der Waals surface area (Å²) in [6.45, 7) is 1.03. The number of hydrogen-bond acceptors (Lipinski definition) is 6. The minimum absolute atomic E-state index is 0. The fraction of sp³-hybridized carbons (Fsp3) is 0.533. The lowest BCUT2D eigenvalue weighted by molar-refractivity contribution is -0.123. The molecular weight excluding hydrogens is 324 g/mol. The van der Waals surface area contributed by atoms with Crippen LogP contribution in [0.15, 0.2) is 18.2 Å². The van der Waals surface area contributed by atoms with Crippen molar-refractivity contribution >= 4 is 18.3 Å². The van der Waals surface area contributed by atoms with Crippen molar-refractivity contribution in [3.8, 4) is 17.2 Å². The van der Waals surface area contributed by atoms with Crippen LogP contribution in [0, 0.1) is 0 Å². The minimum atomic E-state index is -0.261. The Balaban J connectivity index is 0.00000484.